The highest BCUT2D eigenvalue weighted by atomic mass is 16.5. The number of anilines is 1. The molecule has 0 bridgehead atoms. The molecule has 1 aromatic carbocycles. The van der Waals surface area contributed by atoms with Crippen LogP contribution >= 0.6 is 0 Å². The van der Waals surface area contributed by atoms with Crippen LogP contribution in [0.3, 0.4) is 0 Å². The van der Waals surface area contributed by atoms with Gasteiger partial charge in [0.2, 0.25) is 0 Å². The third-order valence-corrected chi connectivity index (χ3v) is 1.95. The molecular formula is C10H11N3O. The summed E-state index contributed by atoms with van der Waals surface area (Å²) in [4.78, 5) is 0. The molecule has 0 radical (unpaired) electrons. The largest absolute Gasteiger partial charge is 0.497 e. The van der Waals surface area contributed by atoms with Gasteiger partial charge in [-0.25, -0.2) is 4.68 Å². The summed E-state index contributed by atoms with van der Waals surface area (Å²) in [5.74, 6) is 1.34. The molecule has 1 aromatic heterocycles. The highest BCUT2D eigenvalue weighted by Crippen LogP contribution is 2.14. The molecule has 0 aliphatic carbocycles. The molecule has 0 saturated carbocycles. The average Bonchev–Trinajstić information content (AvgIpc) is 2.65. The Morgan fingerprint density at radius 3 is 2.43 bits per heavy atom. The zero-order valence-corrected chi connectivity index (χ0v) is 7.84. The first kappa shape index (κ1) is 8.62. The fourth-order valence-corrected chi connectivity index (χ4v) is 1.22. The number of aromatic nitrogens is 2. The smallest absolute Gasteiger partial charge is 0.145 e. The second kappa shape index (κ2) is 3.41. The minimum absolute atomic E-state index is 0.515. The normalized spacial score (nSPS) is 10.1. The van der Waals surface area contributed by atoms with Crippen LogP contribution in [0.15, 0.2) is 36.5 Å². The molecule has 4 heteroatoms. The molecule has 0 aliphatic heterocycles. The molecule has 4 nitrogen and oxygen atoms in total. The van der Waals surface area contributed by atoms with Gasteiger partial charge in [0.05, 0.1) is 12.8 Å². The molecule has 0 atom stereocenters. The summed E-state index contributed by atoms with van der Waals surface area (Å²) < 4.78 is 6.77. The van der Waals surface area contributed by atoms with Gasteiger partial charge in [0, 0.05) is 12.3 Å². The van der Waals surface area contributed by atoms with Gasteiger partial charge in [0.15, 0.2) is 0 Å². The van der Waals surface area contributed by atoms with Gasteiger partial charge in [-0.1, -0.05) is 0 Å². The van der Waals surface area contributed by atoms with Crippen molar-refractivity contribution in [3.8, 4) is 11.4 Å². The number of nitrogen functional groups attached to an aromatic ring is 1. The van der Waals surface area contributed by atoms with E-state index >= 15 is 0 Å². The van der Waals surface area contributed by atoms with Crippen molar-refractivity contribution in [1.82, 2.24) is 9.78 Å². The van der Waals surface area contributed by atoms with Crippen molar-refractivity contribution in [3.63, 3.8) is 0 Å². The molecule has 0 unspecified atom stereocenters. The van der Waals surface area contributed by atoms with E-state index in [2.05, 4.69) is 5.10 Å². The molecule has 0 fully saturated rings. The Bertz CT molecular complexity index is 419. The fourth-order valence-electron chi connectivity index (χ4n) is 1.22. The second-order valence-electron chi connectivity index (χ2n) is 2.88. The molecule has 72 valence electrons. The van der Waals surface area contributed by atoms with E-state index in [-0.39, 0.29) is 0 Å². The first-order valence-corrected chi connectivity index (χ1v) is 4.25. The molecular weight excluding hydrogens is 178 g/mol. The van der Waals surface area contributed by atoms with Gasteiger partial charge < -0.3 is 10.5 Å². The van der Waals surface area contributed by atoms with Gasteiger partial charge in [0.1, 0.15) is 11.6 Å². The van der Waals surface area contributed by atoms with Crippen LogP contribution in [-0.2, 0) is 0 Å². The lowest BCUT2D eigenvalue weighted by Crippen LogP contribution is -1.96. The van der Waals surface area contributed by atoms with Crippen LogP contribution in [0.5, 0.6) is 5.75 Å². The monoisotopic (exact) mass is 189 g/mol. The second-order valence-corrected chi connectivity index (χ2v) is 2.88. The van der Waals surface area contributed by atoms with Gasteiger partial charge in [-0.2, -0.15) is 5.10 Å². The van der Waals surface area contributed by atoms with Gasteiger partial charge in [-0.3, -0.25) is 0 Å². The topological polar surface area (TPSA) is 53.1 Å². The Hall–Kier alpha value is -1.97. The summed E-state index contributed by atoms with van der Waals surface area (Å²) >= 11 is 0. The van der Waals surface area contributed by atoms with E-state index in [1.165, 1.54) is 0 Å². The van der Waals surface area contributed by atoms with E-state index in [0.29, 0.717) is 5.82 Å². The van der Waals surface area contributed by atoms with Crippen molar-refractivity contribution < 1.29 is 4.74 Å². The minimum atomic E-state index is 0.515. The maximum absolute atomic E-state index is 5.52. The molecule has 2 N–H and O–H groups in total. The van der Waals surface area contributed by atoms with E-state index in [9.17, 15) is 0 Å². The molecule has 0 aliphatic rings. The molecule has 0 saturated heterocycles. The third-order valence-electron chi connectivity index (χ3n) is 1.95. The number of nitrogens with zero attached hydrogens (tertiary/aromatic N) is 2. The number of rotatable bonds is 2. The highest BCUT2D eigenvalue weighted by molar-refractivity contribution is 5.38. The number of hydrogen-bond acceptors (Lipinski definition) is 3. The predicted octanol–water partition coefficient (Wildman–Crippen LogP) is 1.46. The molecule has 1 heterocycles. The Balaban J connectivity index is 2.33. The summed E-state index contributed by atoms with van der Waals surface area (Å²) in [6.07, 6.45) is 1.82. The maximum Gasteiger partial charge on any atom is 0.145 e. The van der Waals surface area contributed by atoms with Crippen molar-refractivity contribution in [2.24, 2.45) is 0 Å². The summed E-state index contributed by atoms with van der Waals surface area (Å²) in [5, 5.41) is 4.09. The summed E-state index contributed by atoms with van der Waals surface area (Å²) in [7, 11) is 1.64. The van der Waals surface area contributed by atoms with Crippen molar-refractivity contribution in [3.05, 3.63) is 36.5 Å². The fraction of sp³-hybridized carbons (Fsp3) is 0.100. The minimum Gasteiger partial charge on any atom is -0.497 e. The molecule has 14 heavy (non-hydrogen) atoms. The van der Waals surface area contributed by atoms with Crippen molar-refractivity contribution in [2.45, 2.75) is 0 Å². The Labute approximate surface area is 81.9 Å². The van der Waals surface area contributed by atoms with Crippen molar-refractivity contribution in [2.75, 3.05) is 12.8 Å². The van der Waals surface area contributed by atoms with Gasteiger partial charge in [-0.15, -0.1) is 0 Å². The third kappa shape index (κ3) is 1.54. The lowest BCUT2D eigenvalue weighted by Gasteiger charge is -2.02. The molecule has 2 aromatic rings. The SMILES string of the molecule is COc1ccc(-n2ccc(N)n2)cc1. The highest BCUT2D eigenvalue weighted by Gasteiger charge is 1.98. The van der Waals surface area contributed by atoms with Crippen molar-refractivity contribution >= 4 is 5.82 Å². The van der Waals surface area contributed by atoms with Crippen molar-refractivity contribution in [1.29, 1.82) is 0 Å². The van der Waals surface area contributed by atoms with Crippen LogP contribution in [0.4, 0.5) is 5.82 Å². The quantitative estimate of drug-likeness (QED) is 0.778. The Morgan fingerprint density at radius 2 is 1.93 bits per heavy atom. The van der Waals surface area contributed by atoms with E-state index in [4.69, 9.17) is 10.5 Å². The number of ether oxygens (including phenoxy) is 1. The van der Waals surface area contributed by atoms with Crippen LogP contribution in [0, 0.1) is 0 Å². The number of benzene rings is 1. The van der Waals surface area contributed by atoms with Crippen LogP contribution in [0.1, 0.15) is 0 Å². The summed E-state index contributed by atoms with van der Waals surface area (Å²) in [6, 6.07) is 9.36. The van der Waals surface area contributed by atoms with Gasteiger partial charge in [-0.05, 0) is 24.3 Å². The lowest BCUT2D eigenvalue weighted by molar-refractivity contribution is 0.414. The first-order valence-electron chi connectivity index (χ1n) is 4.25. The molecule has 0 spiro atoms. The molecule has 0 amide bonds. The van der Waals surface area contributed by atoms with E-state index < -0.39 is 0 Å². The summed E-state index contributed by atoms with van der Waals surface area (Å²) in [6.45, 7) is 0. The average molecular weight is 189 g/mol. The zero-order chi connectivity index (χ0) is 9.97. The van der Waals surface area contributed by atoms with Crippen LogP contribution in [0.25, 0.3) is 5.69 Å². The lowest BCUT2D eigenvalue weighted by atomic mass is 10.3. The standard InChI is InChI=1S/C10H11N3O/c1-14-9-4-2-8(3-5-9)13-7-6-10(11)12-13/h2-7H,1H3,(H2,11,12). The van der Waals surface area contributed by atoms with E-state index in [1.54, 1.807) is 17.9 Å². The number of methoxy groups -OCH3 is 1. The number of hydrogen-bond donors (Lipinski definition) is 1. The Kier molecular flexibility index (Phi) is 2.10. The first-order chi connectivity index (χ1) is 6.79. The Morgan fingerprint density at radius 1 is 1.21 bits per heavy atom. The molecule has 2 rings (SSSR count). The van der Waals surface area contributed by atoms with E-state index in [0.717, 1.165) is 11.4 Å². The summed E-state index contributed by atoms with van der Waals surface area (Å²) in [5.41, 5.74) is 6.48. The number of nitrogens with two attached hydrogens (primary N) is 1. The van der Waals surface area contributed by atoms with Crippen LogP contribution in [0.2, 0.25) is 0 Å². The van der Waals surface area contributed by atoms with Crippen LogP contribution < -0.4 is 10.5 Å². The maximum atomic E-state index is 5.52. The van der Waals surface area contributed by atoms with Crippen LogP contribution in [-0.4, -0.2) is 16.9 Å². The van der Waals surface area contributed by atoms with E-state index in [1.807, 2.05) is 30.5 Å². The van der Waals surface area contributed by atoms with Gasteiger partial charge >= 0.3 is 0 Å². The zero-order valence-electron chi connectivity index (χ0n) is 7.84. The van der Waals surface area contributed by atoms with Gasteiger partial charge in [0.25, 0.3) is 0 Å². The predicted molar refractivity (Wildman–Crippen MR) is 54.5 cm³/mol.